The van der Waals surface area contributed by atoms with Crippen LogP contribution in [0, 0.1) is 0 Å². The van der Waals surface area contributed by atoms with E-state index in [2.05, 4.69) is 39.1 Å². The maximum Gasteiger partial charge on any atom is 0.123 e. The van der Waals surface area contributed by atoms with Gasteiger partial charge in [-0.3, -0.25) is 4.90 Å². The number of nitrogens with one attached hydrogen (secondary N) is 1. The van der Waals surface area contributed by atoms with Gasteiger partial charge < -0.3 is 10.1 Å². The molecule has 5 heteroatoms. The molecule has 120 valence electrons. The predicted molar refractivity (Wildman–Crippen MR) is 94.5 cm³/mol. The molecule has 1 N–H and O–H groups in total. The van der Waals surface area contributed by atoms with E-state index in [1.165, 1.54) is 24.8 Å². The maximum absolute atomic E-state index is 5.51. The van der Waals surface area contributed by atoms with Gasteiger partial charge in [-0.1, -0.05) is 22.9 Å². The van der Waals surface area contributed by atoms with Crippen LogP contribution < -0.4 is 10.1 Å². The number of methoxy groups -OCH3 is 1. The zero-order chi connectivity index (χ0) is 14.4. The lowest BCUT2D eigenvalue weighted by Gasteiger charge is -2.34. The van der Waals surface area contributed by atoms with E-state index in [0.29, 0.717) is 6.04 Å². The molecule has 1 saturated heterocycles. The van der Waals surface area contributed by atoms with E-state index in [0.717, 1.165) is 36.4 Å². The van der Waals surface area contributed by atoms with E-state index >= 15 is 0 Å². The minimum Gasteiger partial charge on any atom is -0.496 e. The molecular weight excluding hydrogens is 352 g/mol. The Labute approximate surface area is 143 Å². The molecule has 0 radical (unpaired) electrons. The largest absolute Gasteiger partial charge is 0.496 e. The van der Waals surface area contributed by atoms with E-state index in [1.807, 2.05) is 12.1 Å². The third kappa shape index (κ3) is 5.44. The number of piperidine rings is 1. The van der Waals surface area contributed by atoms with E-state index in [1.54, 1.807) is 7.11 Å². The number of benzene rings is 1. The second kappa shape index (κ2) is 9.67. The van der Waals surface area contributed by atoms with Crippen LogP contribution in [0.5, 0.6) is 5.75 Å². The van der Waals surface area contributed by atoms with Crippen molar-refractivity contribution >= 4 is 28.3 Å². The number of hydrogen-bond acceptors (Lipinski definition) is 3. The lowest BCUT2D eigenvalue weighted by molar-refractivity contribution is 0.152. The summed E-state index contributed by atoms with van der Waals surface area (Å²) >= 11 is 3.57. The Kier molecular flexibility index (Phi) is 8.64. The predicted octanol–water partition coefficient (Wildman–Crippen LogP) is 3.84. The van der Waals surface area contributed by atoms with Crippen LogP contribution >= 0.6 is 28.3 Å². The summed E-state index contributed by atoms with van der Waals surface area (Å²) in [6, 6.07) is 6.96. The minimum absolute atomic E-state index is 0. The molecule has 0 aromatic heterocycles. The Morgan fingerprint density at radius 3 is 2.67 bits per heavy atom. The van der Waals surface area contributed by atoms with Crippen LogP contribution in [0.3, 0.4) is 0 Å². The van der Waals surface area contributed by atoms with Gasteiger partial charge in [0, 0.05) is 22.6 Å². The molecule has 1 aromatic rings. The average Bonchev–Trinajstić information content (AvgIpc) is 2.48. The summed E-state index contributed by atoms with van der Waals surface area (Å²) in [5, 5.41) is 3.45. The third-order valence-electron chi connectivity index (χ3n) is 3.95. The fourth-order valence-electron chi connectivity index (χ4n) is 2.94. The highest BCUT2D eigenvalue weighted by molar-refractivity contribution is 9.10. The molecular formula is C16H26BrClN2O. The van der Waals surface area contributed by atoms with Crippen molar-refractivity contribution < 1.29 is 4.74 Å². The Bertz CT molecular complexity index is 425. The van der Waals surface area contributed by atoms with E-state index < -0.39 is 0 Å². The van der Waals surface area contributed by atoms with Crippen molar-refractivity contribution in [1.29, 1.82) is 0 Å². The molecule has 1 aliphatic heterocycles. The fraction of sp³-hybridized carbons (Fsp3) is 0.625. The van der Waals surface area contributed by atoms with Gasteiger partial charge in [-0.25, -0.2) is 0 Å². The molecule has 0 bridgehead atoms. The van der Waals surface area contributed by atoms with Crippen molar-refractivity contribution in [3.8, 4) is 5.75 Å². The van der Waals surface area contributed by atoms with Crippen molar-refractivity contribution in [1.82, 2.24) is 10.2 Å². The summed E-state index contributed by atoms with van der Waals surface area (Å²) in [5.41, 5.74) is 1.27. The number of ether oxygens (including phenoxy) is 1. The molecule has 0 atom stereocenters. The smallest absolute Gasteiger partial charge is 0.123 e. The first-order valence-corrected chi connectivity index (χ1v) is 8.31. The normalized spacial score (nSPS) is 15.8. The first-order chi connectivity index (χ1) is 9.74. The molecule has 1 fully saturated rings. The van der Waals surface area contributed by atoms with Gasteiger partial charge in [-0.2, -0.15) is 0 Å². The van der Waals surface area contributed by atoms with Crippen LogP contribution in [0.2, 0.25) is 0 Å². The number of hydrogen-bond donors (Lipinski definition) is 1. The Hall–Kier alpha value is -0.290. The summed E-state index contributed by atoms with van der Waals surface area (Å²) in [4.78, 5) is 2.62. The number of rotatable bonds is 6. The van der Waals surface area contributed by atoms with Gasteiger partial charge in [-0.15, -0.1) is 12.4 Å². The Balaban J connectivity index is 0.00000220. The van der Waals surface area contributed by atoms with Gasteiger partial charge in [0.25, 0.3) is 0 Å². The standard InChI is InChI=1S/C16H25BrN2O.ClH/c1-3-10-19(15-6-8-18-9-7-15)12-13-11-14(17)4-5-16(13)20-2;/h4-5,11,15,18H,3,6-10,12H2,1-2H3;1H. The first kappa shape index (κ1) is 18.8. The molecule has 0 unspecified atom stereocenters. The first-order valence-electron chi connectivity index (χ1n) is 7.51. The van der Waals surface area contributed by atoms with Gasteiger partial charge in [0.2, 0.25) is 0 Å². The van der Waals surface area contributed by atoms with Crippen molar-refractivity contribution in [2.24, 2.45) is 0 Å². The second-order valence-corrected chi connectivity index (χ2v) is 6.32. The minimum atomic E-state index is 0. The lowest BCUT2D eigenvalue weighted by Crippen LogP contribution is -2.43. The highest BCUT2D eigenvalue weighted by Crippen LogP contribution is 2.26. The van der Waals surface area contributed by atoms with Crippen LogP contribution in [0.15, 0.2) is 22.7 Å². The summed E-state index contributed by atoms with van der Waals surface area (Å²) in [7, 11) is 1.75. The molecule has 0 spiro atoms. The SMILES string of the molecule is CCCN(Cc1cc(Br)ccc1OC)C1CCNCC1.Cl. The topological polar surface area (TPSA) is 24.5 Å². The molecule has 1 aromatic carbocycles. The van der Waals surface area contributed by atoms with Crippen molar-refractivity contribution in [2.75, 3.05) is 26.7 Å². The summed E-state index contributed by atoms with van der Waals surface area (Å²) < 4.78 is 6.63. The molecule has 2 rings (SSSR count). The van der Waals surface area contributed by atoms with Crippen molar-refractivity contribution in [2.45, 2.75) is 38.8 Å². The molecule has 0 saturated carbocycles. The zero-order valence-electron chi connectivity index (χ0n) is 12.9. The highest BCUT2D eigenvalue weighted by atomic mass is 79.9. The summed E-state index contributed by atoms with van der Waals surface area (Å²) in [6.45, 7) is 6.66. The monoisotopic (exact) mass is 376 g/mol. The lowest BCUT2D eigenvalue weighted by atomic mass is 10.0. The van der Waals surface area contributed by atoms with E-state index in [4.69, 9.17) is 4.74 Å². The Morgan fingerprint density at radius 2 is 2.05 bits per heavy atom. The average molecular weight is 378 g/mol. The molecule has 3 nitrogen and oxygen atoms in total. The Morgan fingerprint density at radius 1 is 1.33 bits per heavy atom. The van der Waals surface area contributed by atoms with Crippen LogP contribution in [0.1, 0.15) is 31.7 Å². The second-order valence-electron chi connectivity index (χ2n) is 5.41. The van der Waals surface area contributed by atoms with Crippen LogP contribution in [-0.2, 0) is 6.54 Å². The summed E-state index contributed by atoms with van der Waals surface area (Å²) in [5.74, 6) is 0.989. The fourth-order valence-corrected chi connectivity index (χ4v) is 3.35. The van der Waals surface area contributed by atoms with Crippen molar-refractivity contribution in [3.63, 3.8) is 0 Å². The number of nitrogens with zero attached hydrogens (tertiary/aromatic N) is 1. The van der Waals surface area contributed by atoms with Gasteiger partial charge in [-0.05, 0) is 57.1 Å². The molecule has 0 amide bonds. The van der Waals surface area contributed by atoms with Crippen LogP contribution in [0.4, 0.5) is 0 Å². The van der Waals surface area contributed by atoms with E-state index in [-0.39, 0.29) is 12.4 Å². The molecule has 0 aliphatic carbocycles. The summed E-state index contributed by atoms with van der Waals surface area (Å²) in [6.07, 6.45) is 3.69. The zero-order valence-corrected chi connectivity index (χ0v) is 15.3. The van der Waals surface area contributed by atoms with Gasteiger partial charge >= 0.3 is 0 Å². The third-order valence-corrected chi connectivity index (χ3v) is 4.45. The van der Waals surface area contributed by atoms with E-state index in [9.17, 15) is 0 Å². The maximum atomic E-state index is 5.51. The van der Waals surface area contributed by atoms with Crippen LogP contribution in [0.25, 0.3) is 0 Å². The van der Waals surface area contributed by atoms with Gasteiger partial charge in [0.15, 0.2) is 0 Å². The van der Waals surface area contributed by atoms with Crippen molar-refractivity contribution in [3.05, 3.63) is 28.2 Å². The quantitative estimate of drug-likeness (QED) is 0.815. The van der Waals surface area contributed by atoms with Gasteiger partial charge in [0.1, 0.15) is 5.75 Å². The molecule has 21 heavy (non-hydrogen) atoms. The van der Waals surface area contributed by atoms with Gasteiger partial charge in [0.05, 0.1) is 7.11 Å². The van der Waals surface area contributed by atoms with Crippen LogP contribution in [-0.4, -0.2) is 37.7 Å². The highest BCUT2D eigenvalue weighted by Gasteiger charge is 2.21. The number of halogens is 2. The molecule has 1 aliphatic rings. The molecule has 1 heterocycles.